The smallest absolute Gasteiger partial charge is 0.314 e. The highest BCUT2D eigenvalue weighted by molar-refractivity contribution is 5.90. The maximum atomic E-state index is 11.7. The van der Waals surface area contributed by atoms with E-state index in [2.05, 4.69) is 16.7 Å². The van der Waals surface area contributed by atoms with Crippen LogP contribution in [0.4, 0.5) is 10.5 Å². The molecule has 0 bridgehead atoms. The van der Waals surface area contributed by atoms with Crippen molar-refractivity contribution in [2.45, 2.75) is 39.5 Å². The Kier molecular flexibility index (Phi) is 4.03. The lowest BCUT2D eigenvalue weighted by atomic mass is 10.1. The summed E-state index contributed by atoms with van der Waals surface area (Å²) in [4.78, 5) is 11.7. The molecule has 2 N–H and O–H groups in total. The van der Waals surface area contributed by atoms with Crippen LogP contribution in [0.1, 0.15) is 36.8 Å². The van der Waals surface area contributed by atoms with Gasteiger partial charge in [0.2, 0.25) is 0 Å². The first-order valence-corrected chi connectivity index (χ1v) is 6.47. The van der Waals surface area contributed by atoms with E-state index in [1.165, 1.54) is 18.4 Å². The number of rotatable bonds is 2. The van der Waals surface area contributed by atoms with E-state index >= 15 is 0 Å². The highest BCUT2D eigenvalue weighted by atomic mass is 16.2. The van der Waals surface area contributed by atoms with Crippen molar-refractivity contribution in [2.75, 3.05) is 5.32 Å². The summed E-state index contributed by atoms with van der Waals surface area (Å²) in [6, 6.07) is 5.85. The third-order valence-electron chi connectivity index (χ3n) is 3.13. The molecule has 3 nitrogen and oxygen atoms in total. The average molecular weight is 244 g/mol. The molecule has 2 amide bonds. The number of allylic oxidation sites excluding steroid dienone is 1. The molecule has 0 heterocycles. The second-order valence-corrected chi connectivity index (χ2v) is 4.98. The minimum Gasteiger partial charge on any atom is -0.314 e. The molecule has 1 aromatic carbocycles. The SMILES string of the molecule is Cc1cc(C)cc(NC(=O)NC=C2CCCC2)c1. The zero-order valence-electron chi connectivity index (χ0n) is 11.0. The fraction of sp³-hybridized carbons (Fsp3) is 0.400. The maximum Gasteiger partial charge on any atom is 0.323 e. The summed E-state index contributed by atoms with van der Waals surface area (Å²) < 4.78 is 0. The van der Waals surface area contributed by atoms with E-state index in [4.69, 9.17) is 0 Å². The Hall–Kier alpha value is -1.77. The standard InChI is InChI=1S/C15H20N2O/c1-11-7-12(2)9-14(8-11)17-15(18)16-10-13-5-3-4-6-13/h7-10H,3-6H2,1-2H3,(H2,16,17,18). The van der Waals surface area contributed by atoms with Gasteiger partial charge >= 0.3 is 6.03 Å². The van der Waals surface area contributed by atoms with Crippen LogP contribution < -0.4 is 10.6 Å². The average Bonchev–Trinajstić information content (AvgIpc) is 2.77. The molecular weight excluding hydrogens is 224 g/mol. The molecule has 1 saturated carbocycles. The molecule has 1 aliphatic carbocycles. The van der Waals surface area contributed by atoms with Gasteiger partial charge in [-0.3, -0.25) is 0 Å². The van der Waals surface area contributed by atoms with Crippen LogP contribution in [0.25, 0.3) is 0 Å². The van der Waals surface area contributed by atoms with Gasteiger partial charge in [-0.1, -0.05) is 11.6 Å². The lowest BCUT2D eigenvalue weighted by Gasteiger charge is -2.07. The van der Waals surface area contributed by atoms with Crippen molar-refractivity contribution in [1.82, 2.24) is 5.32 Å². The van der Waals surface area contributed by atoms with Gasteiger partial charge in [0.25, 0.3) is 0 Å². The molecule has 1 aliphatic rings. The van der Waals surface area contributed by atoms with Crippen molar-refractivity contribution in [1.29, 1.82) is 0 Å². The van der Waals surface area contributed by atoms with Gasteiger partial charge in [0, 0.05) is 11.9 Å². The van der Waals surface area contributed by atoms with Crippen molar-refractivity contribution < 1.29 is 4.79 Å². The number of anilines is 1. The summed E-state index contributed by atoms with van der Waals surface area (Å²) in [6.45, 7) is 4.05. The second kappa shape index (κ2) is 5.71. The van der Waals surface area contributed by atoms with Gasteiger partial charge in [0.1, 0.15) is 0 Å². The Morgan fingerprint density at radius 2 is 1.72 bits per heavy atom. The molecule has 1 aromatic rings. The van der Waals surface area contributed by atoms with Crippen LogP contribution in [0, 0.1) is 13.8 Å². The Morgan fingerprint density at radius 1 is 1.11 bits per heavy atom. The molecule has 0 saturated heterocycles. The topological polar surface area (TPSA) is 41.1 Å². The van der Waals surface area contributed by atoms with Crippen LogP contribution in [0.5, 0.6) is 0 Å². The molecule has 2 rings (SSSR count). The number of amides is 2. The van der Waals surface area contributed by atoms with E-state index in [0.29, 0.717) is 0 Å². The van der Waals surface area contributed by atoms with E-state index in [1.807, 2.05) is 32.2 Å². The summed E-state index contributed by atoms with van der Waals surface area (Å²) in [5.74, 6) is 0. The zero-order chi connectivity index (χ0) is 13.0. The number of nitrogens with one attached hydrogen (secondary N) is 2. The first kappa shape index (κ1) is 12.7. The van der Waals surface area contributed by atoms with Crippen molar-refractivity contribution in [3.05, 3.63) is 41.1 Å². The second-order valence-electron chi connectivity index (χ2n) is 4.98. The van der Waals surface area contributed by atoms with Crippen molar-refractivity contribution in [3.63, 3.8) is 0 Å². The molecule has 0 atom stereocenters. The lowest BCUT2D eigenvalue weighted by Crippen LogP contribution is -2.24. The summed E-state index contributed by atoms with van der Waals surface area (Å²) in [6.07, 6.45) is 6.57. The van der Waals surface area contributed by atoms with Gasteiger partial charge in [0.05, 0.1) is 0 Å². The molecule has 1 fully saturated rings. The first-order valence-electron chi connectivity index (χ1n) is 6.47. The minimum atomic E-state index is -0.167. The van der Waals surface area contributed by atoms with Crippen molar-refractivity contribution >= 4 is 11.7 Å². The van der Waals surface area contributed by atoms with Crippen LogP contribution in [0.3, 0.4) is 0 Å². The van der Waals surface area contributed by atoms with E-state index in [0.717, 1.165) is 29.7 Å². The minimum absolute atomic E-state index is 0.167. The van der Waals surface area contributed by atoms with Gasteiger partial charge in [0.15, 0.2) is 0 Å². The summed E-state index contributed by atoms with van der Waals surface area (Å²) in [5, 5.41) is 5.65. The van der Waals surface area contributed by atoms with Crippen molar-refractivity contribution in [3.8, 4) is 0 Å². The third-order valence-corrected chi connectivity index (χ3v) is 3.13. The lowest BCUT2D eigenvalue weighted by molar-refractivity contribution is 0.255. The van der Waals surface area contributed by atoms with Gasteiger partial charge in [-0.2, -0.15) is 0 Å². The predicted octanol–water partition coefficient (Wildman–Crippen LogP) is 3.88. The van der Waals surface area contributed by atoms with E-state index in [9.17, 15) is 4.79 Å². The Balaban J connectivity index is 1.92. The largest absolute Gasteiger partial charge is 0.323 e. The number of hydrogen-bond acceptors (Lipinski definition) is 1. The molecule has 0 spiro atoms. The molecule has 96 valence electrons. The fourth-order valence-electron chi connectivity index (χ4n) is 2.36. The summed E-state index contributed by atoms with van der Waals surface area (Å²) in [7, 11) is 0. The van der Waals surface area contributed by atoms with Crippen LogP contribution >= 0.6 is 0 Å². The Labute approximate surface area is 108 Å². The van der Waals surface area contributed by atoms with Gasteiger partial charge in [-0.15, -0.1) is 0 Å². The monoisotopic (exact) mass is 244 g/mol. The zero-order valence-corrected chi connectivity index (χ0v) is 11.0. The molecule has 0 aromatic heterocycles. The van der Waals surface area contributed by atoms with Gasteiger partial charge < -0.3 is 10.6 Å². The van der Waals surface area contributed by atoms with Gasteiger partial charge in [-0.05, 0) is 62.8 Å². The highest BCUT2D eigenvalue weighted by Gasteiger charge is 2.07. The highest BCUT2D eigenvalue weighted by Crippen LogP contribution is 2.22. The summed E-state index contributed by atoms with van der Waals surface area (Å²) in [5.41, 5.74) is 4.49. The molecular formula is C15H20N2O. The first-order chi connectivity index (χ1) is 8.63. The number of urea groups is 1. The fourth-order valence-corrected chi connectivity index (χ4v) is 2.36. The van der Waals surface area contributed by atoms with Crippen LogP contribution in [0.15, 0.2) is 30.0 Å². The molecule has 0 unspecified atom stereocenters. The Bertz CT molecular complexity index is 449. The summed E-state index contributed by atoms with van der Waals surface area (Å²) >= 11 is 0. The van der Waals surface area contributed by atoms with E-state index in [1.54, 1.807) is 0 Å². The normalized spacial score (nSPS) is 14.4. The van der Waals surface area contributed by atoms with Crippen molar-refractivity contribution in [2.24, 2.45) is 0 Å². The number of aryl methyl sites for hydroxylation is 2. The Morgan fingerprint density at radius 3 is 2.33 bits per heavy atom. The maximum absolute atomic E-state index is 11.7. The number of carbonyl (C=O) groups is 1. The number of hydrogen-bond donors (Lipinski definition) is 2. The quantitative estimate of drug-likeness (QED) is 0.814. The molecule has 0 radical (unpaired) electrons. The molecule has 3 heteroatoms. The van der Waals surface area contributed by atoms with E-state index in [-0.39, 0.29) is 6.03 Å². The molecule has 18 heavy (non-hydrogen) atoms. The predicted molar refractivity (Wildman–Crippen MR) is 74.6 cm³/mol. The number of benzene rings is 1. The van der Waals surface area contributed by atoms with Crippen LogP contribution in [-0.4, -0.2) is 6.03 Å². The van der Waals surface area contributed by atoms with E-state index < -0.39 is 0 Å². The van der Waals surface area contributed by atoms with Crippen LogP contribution in [0.2, 0.25) is 0 Å². The third kappa shape index (κ3) is 3.62. The van der Waals surface area contributed by atoms with Gasteiger partial charge in [-0.25, -0.2) is 4.79 Å². The van der Waals surface area contributed by atoms with Crippen LogP contribution in [-0.2, 0) is 0 Å². The molecule has 0 aliphatic heterocycles. The number of carbonyl (C=O) groups excluding carboxylic acids is 1.